The standard InChI is InChI=1S/C20H20ClN3O/c1-24(18-8-4-6-13-5-2-3-7-15(13)18)12-19-22-17-11-14(21)9-10-16(17)20(25)23-19/h2-3,5,7,9-11,18H,4,6,8,12H2,1H3,(H,22,23,25)/t18-/m0/s1. The minimum Gasteiger partial charge on any atom is -0.309 e. The molecule has 0 bridgehead atoms. The van der Waals surface area contributed by atoms with E-state index in [1.807, 2.05) is 0 Å². The van der Waals surface area contributed by atoms with Crippen molar-refractivity contribution in [1.82, 2.24) is 14.9 Å². The van der Waals surface area contributed by atoms with E-state index in [0.717, 1.165) is 12.8 Å². The van der Waals surface area contributed by atoms with E-state index in [1.165, 1.54) is 17.5 Å². The van der Waals surface area contributed by atoms with Gasteiger partial charge in [-0.1, -0.05) is 35.9 Å². The molecule has 0 aliphatic heterocycles. The fourth-order valence-corrected chi connectivity index (χ4v) is 3.93. The lowest BCUT2D eigenvalue weighted by Crippen LogP contribution is -2.29. The zero-order valence-electron chi connectivity index (χ0n) is 14.1. The monoisotopic (exact) mass is 353 g/mol. The van der Waals surface area contributed by atoms with Crippen molar-refractivity contribution in [3.05, 3.63) is 74.8 Å². The summed E-state index contributed by atoms with van der Waals surface area (Å²) < 4.78 is 0. The smallest absolute Gasteiger partial charge is 0.258 e. The number of benzene rings is 2. The summed E-state index contributed by atoms with van der Waals surface area (Å²) in [7, 11) is 2.09. The van der Waals surface area contributed by atoms with E-state index in [-0.39, 0.29) is 5.56 Å². The van der Waals surface area contributed by atoms with Gasteiger partial charge in [0.1, 0.15) is 5.82 Å². The highest BCUT2D eigenvalue weighted by Crippen LogP contribution is 2.33. The lowest BCUT2D eigenvalue weighted by molar-refractivity contribution is 0.208. The minimum atomic E-state index is -0.117. The van der Waals surface area contributed by atoms with Gasteiger partial charge < -0.3 is 4.98 Å². The molecular formula is C20H20ClN3O. The Labute approximate surface area is 151 Å². The number of aromatic nitrogens is 2. The molecule has 1 atom stereocenters. The van der Waals surface area contributed by atoms with Gasteiger partial charge in [-0.3, -0.25) is 9.69 Å². The second-order valence-electron chi connectivity index (χ2n) is 6.70. The summed E-state index contributed by atoms with van der Waals surface area (Å²) in [6.07, 6.45) is 3.45. The number of nitrogens with one attached hydrogen (secondary N) is 1. The molecule has 3 aromatic rings. The summed E-state index contributed by atoms with van der Waals surface area (Å²) in [5.41, 5.74) is 3.34. The van der Waals surface area contributed by atoms with E-state index in [9.17, 15) is 4.79 Å². The lowest BCUT2D eigenvalue weighted by Gasteiger charge is -2.33. The normalized spacial score (nSPS) is 17.0. The Morgan fingerprint density at radius 1 is 1.28 bits per heavy atom. The van der Waals surface area contributed by atoms with Crippen molar-refractivity contribution >= 4 is 22.5 Å². The van der Waals surface area contributed by atoms with E-state index in [2.05, 4.69) is 46.2 Å². The molecule has 1 heterocycles. The molecule has 1 aliphatic rings. The summed E-state index contributed by atoms with van der Waals surface area (Å²) >= 11 is 6.04. The Bertz CT molecular complexity index is 982. The van der Waals surface area contributed by atoms with Crippen LogP contribution in [-0.4, -0.2) is 21.9 Å². The first kappa shape index (κ1) is 16.3. The van der Waals surface area contributed by atoms with Crippen LogP contribution in [0.3, 0.4) is 0 Å². The Hall–Kier alpha value is -2.17. The molecule has 0 unspecified atom stereocenters. The molecule has 25 heavy (non-hydrogen) atoms. The van der Waals surface area contributed by atoms with Crippen LogP contribution < -0.4 is 5.56 Å². The minimum absolute atomic E-state index is 0.117. The number of aryl methyl sites for hydroxylation is 1. The fraction of sp³-hybridized carbons (Fsp3) is 0.300. The van der Waals surface area contributed by atoms with Crippen LogP contribution in [-0.2, 0) is 13.0 Å². The fourth-order valence-electron chi connectivity index (χ4n) is 3.77. The third-order valence-electron chi connectivity index (χ3n) is 4.99. The molecule has 0 fully saturated rings. The molecule has 0 amide bonds. The highest BCUT2D eigenvalue weighted by molar-refractivity contribution is 6.31. The van der Waals surface area contributed by atoms with Gasteiger partial charge in [0.2, 0.25) is 0 Å². The van der Waals surface area contributed by atoms with Gasteiger partial charge in [0.25, 0.3) is 5.56 Å². The van der Waals surface area contributed by atoms with Crippen molar-refractivity contribution in [2.24, 2.45) is 0 Å². The van der Waals surface area contributed by atoms with E-state index in [4.69, 9.17) is 11.6 Å². The zero-order chi connectivity index (χ0) is 17.4. The van der Waals surface area contributed by atoms with Gasteiger partial charge in [0.15, 0.2) is 0 Å². The average molecular weight is 354 g/mol. The van der Waals surface area contributed by atoms with Crippen molar-refractivity contribution < 1.29 is 0 Å². The number of nitrogens with zero attached hydrogens (tertiary/aromatic N) is 2. The van der Waals surface area contributed by atoms with Crippen LogP contribution in [0.1, 0.15) is 35.8 Å². The van der Waals surface area contributed by atoms with E-state index >= 15 is 0 Å². The van der Waals surface area contributed by atoms with E-state index in [1.54, 1.807) is 18.2 Å². The molecule has 4 nitrogen and oxygen atoms in total. The number of halogens is 1. The average Bonchev–Trinajstić information content (AvgIpc) is 2.60. The maximum absolute atomic E-state index is 12.3. The Morgan fingerprint density at radius 2 is 2.12 bits per heavy atom. The molecule has 128 valence electrons. The quantitative estimate of drug-likeness (QED) is 0.771. The van der Waals surface area contributed by atoms with Gasteiger partial charge >= 0.3 is 0 Å². The Kier molecular flexibility index (Phi) is 4.32. The summed E-state index contributed by atoms with van der Waals surface area (Å²) in [6, 6.07) is 14.2. The third-order valence-corrected chi connectivity index (χ3v) is 5.22. The lowest BCUT2D eigenvalue weighted by atomic mass is 9.87. The van der Waals surface area contributed by atoms with Crippen LogP contribution in [0.15, 0.2) is 47.3 Å². The maximum atomic E-state index is 12.3. The molecule has 1 aromatic heterocycles. The number of aromatic amines is 1. The van der Waals surface area contributed by atoms with Crippen LogP contribution in [0.5, 0.6) is 0 Å². The number of fused-ring (bicyclic) bond motifs is 2. The zero-order valence-corrected chi connectivity index (χ0v) is 14.9. The molecule has 2 aromatic carbocycles. The molecule has 1 aliphatic carbocycles. The molecule has 1 N–H and O–H groups in total. The highest BCUT2D eigenvalue weighted by atomic mass is 35.5. The summed E-state index contributed by atoms with van der Waals surface area (Å²) in [4.78, 5) is 22.1. The SMILES string of the molecule is CN(Cc1nc2cc(Cl)ccc2c(=O)[nH]1)[C@H]1CCCc2ccccc21. The van der Waals surface area contributed by atoms with Gasteiger partial charge in [0.05, 0.1) is 17.4 Å². The van der Waals surface area contributed by atoms with Gasteiger partial charge in [0, 0.05) is 11.1 Å². The van der Waals surface area contributed by atoms with Crippen molar-refractivity contribution in [3.63, 3.8) is 0 Å². The molecule has 0 spiro atoms. The number of hydrogen-bond donors (Lipinski definition) is 1. The summed E-state index contributed by atoms with van der Waals surface area (Å²) in [6.45, 7) is 0.594. The van der Waals surface area contributed by atoms with Gasteiger partial charge in [-0.2, -0.15) is 0 Å². The van der Waals surface area contributed by atoms with Gasteiger partial charge in [-0.25, -0.2) is 4.98 Å². The molecular weight excluding hydrogens is 334 g/mol. The van der Waals surface area contributed by atoms with Crippen LogP contribution >= 0.6 is 11.6 Å². The van der Waals surface area contributed by atoms with Crippen LogP contribution in [0, 0.1) is 0 Å². The van der Waals surface area contributed by atoms with Crippen LogP contribution in [0.2, 0.25) is 5.02 Å². The third kappa shape index (κ3) is 3.20. The predicted molar refractivity (Wildman–Crippen MR) is 101 cm³/mol. The predicted octanol–water partition coefficient (Wildman–Crippen LogP) is 4.09. The number of H-pyrrole nitrogens is 1. The number of hydrogen-bond acceptors (Lipinski definition) is 3. The molecule has 0 saturated heterocycles. The van der Waals surface area contributed by atoms with Crippen molar-refractivity contribution in [2.75, 3.05) is 7.05 Å². The topological polar surface area (TPSA) is 49.0 Å². The first-order valence-corrected chi connectivity index (χ1v) is 8.96. The van der Waals surface area contributed by atoms with E-state index < -0.39 is 0 Å². The second-order valence-corrected chi connectivity index (χ2v) is 7.13. The Morgan fingerprint density at radius 3 is 3.00 bits per heavy atom. The van der Waals surface area contributed by atoms with Crippen molar-refractivity contribution in [3.8, 4) is 0 Å². The molecule has 5 heteroatoms. The van der Waals surface area contributed by atoms with Crippen molar-refractivity contribution in [1.29, 1.82) is 0 Å². The summed E-state index contributed by atoms with van der Waals surface area (Å²) in [5, 5.41) is 1.16. The first-order valence-electron chi connectivity index (χ1n) is 8.58. The maximum Gasteiger partial charge on any atom is 0.258 e. The van der Waals surface area contributed by atoms with Gasteiger partial charge in [-0.05, 0) is 55.6 Å². The molecule has 0 saturated carbocycles. The van der Waals surface area contributed by atoms with Crippen LogP contribution in [0.4, 0.5) is 0 Å². The second kappa shape index (κ2) is 6.62. The Balaban J connectivity index is 1.64. The summed E-state index contributed by atoms with van der Waals surface area (Å²) in [5.74, 6) is 0.672. The first-order chi connectivity index (χ1) is 12.1. The number of rotatable bonds is 3. The highest BCUT2D eigenvalue weighted by Gasteiger charge is 2.23. The van der Waals surface area contributed by atoms with Crippen molar-refractivity contribution in [2.45, 2.75) is 31.8 Å². The largest absolute Gasteiger partial charge is 0.309 e. The molecule has 4 rings (SSSR count). The molecule has 0 radical (unpaired) electrons. The van der Waals surface area contributed by atoms with E-state index in [0.29, 0.717) is 34.3 Å². The van der Waals surface area contributed by atoms with Crippen LogP contribution in [0.25, 0.3) is 10.9 Å². The van der Waals surface area contributed by atoms with Gasteiger partial charge in [-0.15, -0.1) is 0 Å².